The van der Waals surface area contributed by atoms with E-state index in [2.05, 4.69) is 52.1 Å². The molecule has 0 spiro atoms. The van der Waals surface area contributed by atoms with E-state index >= 15 is 0 Å². The molecule has 340 valence electrons. The summed E-state index contributed by atoms with van der Waals surface area (Å²) < 4.78 is 9.14. The zero-order valence-electron chi connectivity index (χ0n) is 37.6. The number of nitrogens with one attached hydrogen (secondary N) is 2. The average molecular weight is 884 g/mol. The number of piperazine rings is 1. The van der Waals surface area contributed by atoms with Crippen molar-refractivity contribution in [3.8, 4) is 11.4 Å². The number of amides is 3. The number of methoxy groups -OCH3 is 1. The molecule has 1 aliphatic carbocycles. The van der Waals surface area contributed by atoms with Crippen molar-refractivity contribution >= 4 is 51.6 Å². The van der Waals surface area contributed by atoms with Gasteiger partial charge in [-0.25, -0.2) is 9.67 Å². The average Bonchev–Trinajstić information content (AvgIpc) is 3.70. The van der Waals surface area contributed by atoms with Crippen LogP contribution in [-0.2, 0) is 9.59 Å². The Hall–Kier alpha value is -6.43. The van der Waals surface area contributed by atoms with Gasteiger partial charge >= 0.3 is 0 Å². The highest BCUT2D eigenvalue weighted by atomic mass is 16.5. The third kappa shape index (κ3) is 8.05. The maximum atomic E-state index is 13.7. The van der Waals surface area contributed by atoms with Gasteiger partial charge in [-0.05, 0) is 81.8 Å². The molecule has 2 atom stereocenters. The Morgan fingerprint density at radius 2 is 1.71 bits per heavy atom. The number of anilines is 4. The monoisotopic (exact) mass is 883 g/mol. The van der Waals surface area contributed by atoms with Crippen molar-refractivity contribution < 1.29 is 19.1 Å². The molecular formula is C47H57N13O5. The Morgan fingerprint density at radius 3 is 2.46 bits per heavy atom. The summed E-state index contributed by atoms with van der Waals surface area (Å²) in [7, 11) is 1.61. The number of likely N-dealkylation sites (tertiary alicyclic amines) is 1. The van der Waals surface area contributed by atoms with E-state index < -0.39 is 11.9 Å². The van der Waals surface area contributed by atoms with Crippen molar-refractivity contribution in [2.45, 2.75) is 84.2 Å². The molecule has 5 aromatic rings. The van der Waals surface area contributed by atoms with E-state index in [1.54, 1.807) is 13.2 Å². The fourth-order valence-corrected chi connectivity index (χ4v) is 10.6. The summed E-state index contributed by atoms with van der Waals surface area (Å²) in [4.78, 5) is 70.3. The topological polar surface area (TPSA) is 189 Å². The molecule has 5 aliphatic rings. The first-order valence-corrected chi connectivity index (χ1v) is 23.2. The second-order valence-corrected chi connectivity index (χ2v) is 18.4. The lowest BCUT2D eigenvalue weighted by Gasteiger charge is -2.44. The summed E-state index contributed by atoms with van der Waals surface area (Å²) in [5.74, 6) is 3.76. The number of aromatic nitrogens is 7. The van der Waals surface area contributed by atoms with Gasteiger partial charge in [0.15, 0.2) is 11.6 Å². The fourth-order valence-electron chi connectivity index (χ4n) is 10.6. The first-order chi connectivity index (χ1) is 31.6. The van der Waals surface area contributed by atoms with Crippen LogP contribution in [-0.4, -0.2) is 122 Å². The van der Waals surface area contributed by atoms with E-state index in [1.807, 2.05) is 55.3 Å². The van der Waals surface area contributed by atoms with E-state index in [0.717, 1.165) is 79.9 Å². The Labute approximate surface area is 377 Å². The van der Waals surface area contributed by atoms with Crippen molar-refractivity contribution in [3.05, 3.63) is 75.9 Å². The normalized spacial score (nSPS) is 20.6. The molecule has 4 aliphatic heterocycles. The quantitative estimate of drug-likeness (QED) is 0.171. The van der Waals surface area contributed by atoms with Crippen LogP contribution in [0.3, 0.4) is 0 Å². The molecule has 0 bridgehead atoms. The van der Waals surface area contributed by atoms with E-state index in [-0.39, 0.29) is 36.3 Å². The van der Waals surface area contributed by atoms with Gasteiger partial charge in [0, 0.05) is 81.3 Å². The molecule has 4 fully saturated rings. The van der Waals surface area contributed by atoms with Crippen molar-refractivity contribution in [1.29, 1.82) is 0 Å². The molecule has 3 amide bonds. The predicted molar refractivity (Wildman–Crippen MR) is 245 cm³/mol. The van der Waals surface area contributed by atoms with Crippen molar-refractivity contribution in [2.24, 2.45) is 11.8 Å². The van der Waals surface area contributed by atoms with Crippen molar-refractivity contribution in [1.82, 2.24) is 49.6 Å². The molecule has 0 radical (unpaired) electrons. The van der Waals surface area contributed by atoms with Gasteiger partial charge in [0.1, 0.15) is 23.3 Å². The van der Waals surface area contributed by atoms with Crippen molar-refractivity contribution in [2.75, 3.05) is 74.6 Å². The number of carbonyl (C=O) groups is 3. The number of aryl methyl sites for hydroxylation is 2. The Balaban J connectivity index is 0.750. The molecule has 3 aromatic heterocycles. The van der Waals surface area contributed by atoms with Gasteiger partial charge in [-0.3, -0.25) is 34.0 Å². The van der Waals surface area contributed by atoms with Crippen molar-refractivity contribution in [3.63, 3.8) is 0 Å². The first-order valence-electron chi connectivity index (χ1n) is 23.2. The van der Waals surface area contributed by atoms with Crippen LogP contribution in [0.4, 0.5) is 23.1 Å². The minimum atomic E-state index is -0.800. The summed E-state index contributed by atoms with van der Waals surface area (Å²) in [6.45, 7) is 12.7. The van der Waals surface area contributed by atoms with E-state index in [0.29, 0.717) is 59.0 Å². The van der Waals surface area contributed by atoms with Gasteiger partial charge in [-0.1, -0.05) is 26.2 Å². The number of hydrogen-bond acceptors (Lipinski definition) is 14. The van der Waals surface area contributed by atoms with Gasteiger partial charge in [-0.15, -0.1) is 10.2 Å². The number of hydrogen-bond donors (Lipinski definition) is 2. The number of fused-ring (bicyclic) bond motifs is 4. The lowest BCUT2D eigenvalue weighted by Crippen LogP contribution is -2.56. The second kappa shape index (κ2) is 17.5. The van der Waals surface area contributed by atoms with Gasteiger partial charge < -0.3 is 24.8 Å². The first kappa shape index (κ1) is 42.5. The number of ether oxygens (including phenoxy) is 1. The largest absolute Gasteiger partial charge is 0.495 e. The minimum absolute atomic E-state index is 0.0185. The summed E-state index contributed by atoms with van der Waals surface area (Å²) in [6.07, 6.45) is 9.45. The van der Waals surface area contributed by atoms with E-state index in [4.69, 9.17) is 14.7 Å². The standard InChI is InChI=1S/C47H57N13O5/c1-5-37-43-53-52-29(3)59(43)39-23-48-47(51-42(39)58(37)27-30-9-7-6-8-10-30)49-36-14-11-32(21-40(36)65-4)45(63)57-25-31(26-57)24-55-17-19-56(20-18-55)33-12-13-34-35(22-33)28(2)54-60(46(34)64)38-15-16-41(61)50-44(38)62/h11-14,21-23,30-31,37-38H,5-10,15-20,24-27H2,1-4H3,(H,48,49,51)(H,50,61,62)/t37-,38?/m1/s1. The van der Waals surface area contributed by atoms with Crippen LogP contribution in [0.2, 0.25) is 0 Å². The second-order valence-electron chi connectivity index (χ2n) is 18.4. The lowest BCUT2D eigenvalue weighted by molar-refractivity contribution is -0.136. The zero-order chi connectivity index (χ0) is 44.9. The van der Waals surface area contributed by atoms with Crippen LogP contribution in [0, 0.1) is 25.7 Å². The number of imide groups is 1. The molecule has 18 nitrogen and oxygen atoms in total. The summed E-state index contributed by atoms with van der Waals surface area (Å²) in [5, 5.41) is 20.5. The molecule has 1 unspecified atom stereocenters. The third-order valence-electron chi connectivity index (χ3n) is 14.1. The Bertz CT molecular complexity index is 2710. The molecule has 3 saturated heterocycles. The molecular weight excluding hydrogens is 827 g/mol. The van der Waals surface area contributed by atoms with Crippen LogP contribution < -0.4 is 30.7 Å². The molecule has 10 rings (SSSR count). The molecule has 18 heteroatoms. The highest BCUT2D eigenvalue weighted by molar-refractivity contribution is 5.99. The Morgan fingerprint density at radius 1 is 0.908 bits per heavy atom. The number of carbonyl (C=O) groups excluding carboxylic acids is 3. The third-order valence-corrected chi connectivity index (χ3v) is 14.1. The Kier molecular flexibility index (Phi) is 11.5. The van der Waals surface area contributed by atoms with Crippen LogP contribution in [0.25, 0.3) is 16.5 Å². The highest BCUT2D eigenvalue weighted by Gasteiger charge is 2.37. The molecule has 1 saturated carbocycles. The SMILES string of the molecule is CC[C@@H]1c2nnc(C)n2-c2cnc(Nc3ccc(C(=O)N4CC(CN5CCN(c6ccc7c(=O)n(C8CCC(=O)NC8=O)nc(C)c7c6)CC5)C4)cc3OC)nc2N1CC1CCCCC1. The maximum Gasteiger partial charge on any atom is 0.275 e. The van der Waals surface area contributed by atoms with Crippen LogP contribution >= 0.6 is 0 Å². The fraction of sp³-hybridized carbons (Fsp3) is 0.511. The molecule has 65 heavy (non-hydrogen) atoms. The van der Waals surface area contributed by atoms with Gasteiger partial charge in [0.2, 0.25) is 11.9 Å². The van der Waals surface area contributed by atoms with Gasteiger partial charge in [-0.2, -0.15) is 10.1 Å². The smallest absolute Gasteiger partial charge is 0.275 e. The summed E-state index contributed by atoms with van der Waals surface area (Å²) in [6, 6.07) is 10.6. The zero-order valence-corrected chi connectivity index (χ0v) is 37.6. The number of nitrogens with zero attached hydrogens (tertiary/aromatic N) is 11. The highest BCUT2D eigenvalue weighted by Crippen LogP contribution is 2.41. The summed E-state index contributed by atoms with van der Waals surface area (Å²) in [5.41, 5.74) is 3.48. The summed E-state index contributed by atoms with van der Waals surface area (Å²) >= 11 is 0. The van der Waals surface area contributed by atoms with Gasteiger partial charge in [0.05, 0.1) is 36.1 Å². The lowest BCUT2D eigenvalue weighted by atomic mass is 9.88. The number of rotatable bonds is 11. The molecule has 7 heterocycles. The van der Waals surface area contributed by atoms with Gasteiger partial charge in [0.25, 0.3) is 17.4 Å². The van der Waals surface area contributed by atoms with E-state index in [1.165, 1.54) is 36.8 Å². The number of benzene rings is 2. The van der Waals surface area contributed by atoms with Crippen LogP contribution in [0.15, 0.2) is 47.4 Å². The predicted octanol–water partition coefficient (Wildman–Crippen LogP) is 4.86. The van der Waals surface area contributed by atoms with Crippen LogP contribution in [0.5, 0.6) is 5.75 Å². The minimum Gasteiger partial charge on any atom is -0.495 e. The number of piperidine rings is 1. The maximum absolute atomic E-state index is 13.7. The van der Waals surface area contributed by atoms with E-state index in [9.17, 15) is 19.2 Å². The molecule has 2 aromatic carbocycles. The molecule has 2 N–H and O–H groups in total. The van der Waals surface area contributed by atoms with Crippen LogP contribution in [0.1, 0.15) is 98.1 Å².